The largest absolute Gasteiger partial charge is 0.376 e. The molecule has 0 atom stereocenters. The molecule has 0 aliphatic heterocycles. The van der Waals surface area contributed by atoms with Crippen LogP contribution in [0.2, 0.25) is 0 Å². The summed E-state index contributed by atoms with van der Waals surface area (Å²) in [4.78, 5) is 11.8. The fourth-order valence-electron chi connectivity index (χ4n) is 1.78. The van der Waals surface area contributed by atoms with E-state index in [4.69, 9.17) is 5.26 Å². The SMILES string of the molecule is Cc1ccc(C#N)cc1NCC(=O)Nc1ccccc1. The monoisotopic (exact) mass is 265 g/mol. The van der Waals surface area contributed by atoms with Crippen molar-refractivity contribution in [2.24, 2.45) is 0 Å². The van der Waals surface area contributed by atoms with E-state index in [2.05, 4.69) is 16.7 Å². The Morgan fingerprint density at radius 2 is 1.95 bits per heavy atom. The second-order valence-corrected chi connectivity index (χ2v) is 4.41. The number of carbonyl (C=O) groups excluding carboxylic acids is 1. The van der Waals surface area contributed by atoms with Gasteiger partial charge in [0.05, 0.1) is 18.2 Å². The van der Waals surface area contributed by atoms with E-state index in [9.17, 15) is 4.79 Å². The minimum atomic E-state index is -0.127. The van der Waals surface area contributed by atoms with Crippen LogP contribution in [0.15, 0.2) is 48.5 Å². The summed E-state index contributed by atoms with van der Waals surface area (Å²) in [6, 6.07) is 16.7. The van der Waals surface area contributed by atoms with E-state index in [1.165, 1.54) is 0 Å². The van der Waals surface area contributed by atoms with Crippen LogP contribution in [0.3, 0.4) is 0 Å². The first-order valence-corrected chi connectivity index (χ1v) is 6.28. The normalized spacial score (nSPS) is 9.60. The van der Waals surface area contributed by atoms with Crippen molar-refractivity contribution in [1.29, 1.82) is 5.26 Å². The summed E-state index contributed by atoms with van der Waals surface area (Å²) in [7, 11) is 0. The number of nitriles is 1. The standard InChI is InChI=1S/C16H15N3O/c1-12-7-8-13(10-17)9-15(12)18-11-16(20)19-14-5-3-2-4-6-14/h2-9,18H,11H2,1H3,(H,19,20). The van der Waals surface area contributed by atoms with Gasteiger partial charge in [0.1, 0.15) is 0 Å². The van der Waals surface area contributed by atoms with Crippen LogP contribution in [0.1, 0.15) is 11.1 Å². The Balaban J connectivity index is 1.95. The number of nitrogens with zero attached hydrogens (tertiary/aromatic N) is 1. The van der Waals surface area contributed by atoms with Crippen molar-refractivity contribution >= 4 is 17.3 Å². The first kappa shape index (κ1) is 13.6. The van der Waals surface area contributed by atoms with Gasteiger partial charge in [-0.15, -0.1) is 0 Å². The number of nitrogens with one attached hydrogen (secondary N) is 2. The third kappa shape index (κ3) is 3.59. The zero-order chi connectivity index (χ0) is 14.4. The number of benzene rings is 2. The molecule has 0 unspecified atom stereocenters. The van der Waals surface area contributed by atoms with Crippen LogP contribution >= 0.6 is 0 Å². The Hall–Kier alpha value is -2.80. The maximum absolute atomic E-state index is 11.8. The van der Waals surface area contributed by atoms with Crippen LogP contribution in [0.25, 0.3) is 0 Å². The molecule has 0 saturated heterocycles. The van der Waals surface area contributed by atoms with E-state index in [-0.39, 0.29) is 12.5 Å². The lowest BCUT2D eigenvalue weighted by Crippen LogP contribution is -2.22. The molecule has 4 nitrogen and oxygen atoms in total. The third-order valence-corrected chi connectivity index (χ3v) is 2.86. The first-order chi connectivity index (χ1) is 9.69. The molecule has 4 heteroatoms. The van der Waals surface area contributed by atoms with Crippen molar-refractivity contribution in [2.75, 3.05) is 17.2 Å². The van der Waals surface area contributed by atoms with Gasteiger partial charge in [-0.3, -0.25) is 4.79 Å². The summed E-state index contributed by atoms with van der Waals surface area (Å²) in [5, 5.41) is 14.7. The molecular weight excluding hydrogens is 250 g/mol. The lowest BCUT2D eigenvalue weighted by atomic mass is 10.1. The molecule has 1 amide bonds. The summed E-state index contributed by atoms with van der Waals surface area (Å²) >= 11 is 0. The lowest BCUT2D eigenvalue weighted by Gasteiger charge is -2.10. The van der Waals surface area contributed by atoms with Gasteiger partial charge in [-0.25, -0.2) is 0 Å². The smallest absolute Gasteiger partial charge is 0.243 e. The summed E-state index contributed by atoms with van der Waals surface area (Å²) in [6.45, 7) is 2.09. The Morgan fingerprint density at radius 3 is 2.65 bits per heavy atom. The van der Waals surface area contributed by atoms with E-state index in [1.807, 2.05) is 43.3 Å². The fourth-order valence-corrected chi connectivity index (χ4v) is 1.78. The number of para-hydroxylation sites is 1. The van der Waals surface area contributed by atoms with Crippen molar-refractivity contribution < 1.29 is 4.79 Å². The number of rotatable bonds is 4. The highest BCUT2D eigenvalue weighted by Gasteiger charge is 2.04. The van der Waals surface area contributed by atoms with Crippen LogP contribution in [0, 0.1) is 18.3 Å². The van der Waals surface area contributed by atoms with Crippen molar-refractivity contribution in [3.63, 3.8) is 0 Å². The van der Waals surface area contributed by atoms with E-state index in [1.54, 1.807) is 12.1 Å². The average Bonchev–Trinajstić information content (AvgIpc) is 2.47. The Morgan fingerprint density at radius 1 is 1.20 bits per heavy atom. The molecule has 0 saturated carbocycles. The number of anilines is 2. The predicted molar refractivity (Wildman–Crippen MR) is 79.5 cm³/mol. The molecule has 0 radical (unpaired) electrons. The van der Waals surface area contributed by atoms with Crippen LogP contribution in [-0.4, -0.2) is 12.5 Å². The number of hydrogen-bond acceptors (Lipinski definition) is 3. The third-order valence-electron chi connectivity index (χ3n) is 2.86. The molecule has 0 bridgehead atoms. The predicted octanol–water partition coefficient (Wildman–Crippen LogP) is 2.92. The highest BCUT2D eigenvalue weighted by molar-refractivity contribution is 5.93. The van der Waals surface area contributed by atoms with Gasteiger partial charge in [0.15, 0.2) is 0 Å². The molecule has 2 aromatic rings. The number of hydrogen-bond donors (Lipinski definition) is 2. The number of amides is 1. The molecule has 2 rings (SSSR count). The van der Waals surface area contributed by atoms with E-state index in [0.29, 0.717) is 5.56 Å². The van der Waals surface area contributed by atoms with Crippen molar-refractivity contribution in [3.05, 3.63) is 59.7 Å². The Bertz CT molecular complexity index is 645. The quantitative estimate of drug-likeness (QED) is 0.893. The van der Waals surface area contributed by atoms with E-state index < -0.39 is 0 Å². The van der Waals surface area contributed by atoms with Gasteiger partial charge in [-0.05, 0) is 36.8 Å². The minimum absolute atomic E-state index is 0.127. The summed E-state index contributed by atoms with van der Waals surface area (Å²) < 4.78 is 0. The Labute approximate surface area is 118 Å². The second kappa shape index (κ2) is 6.39. The van der Waals surface area contributed by atoms with Crippen molar-refractivity contribution in [1.82, 2.24) is 0 Å². The molecular formula is C16H15N3O. The zero-order valence-corrected chi connectivity index (χ0v) is 11.2. The van der Waals surface area contributed by atoms with Crippen molar-refractivity contribution in [3.8, 4) is 6.07 Å². The maximum Gasteiger partial charge on any atom is 0.243 e. The Kier molecular flexibility index (Phi) is 4.35. The number of aryl methyl sites for hydroxylation is 1. The summed E-state index contributed by atoms with van der Waals surface area (Å²) in [5.74, 6) is -0.127. The molecule has 20 heavy (non-hydrogen) atoms. The van der Waals surface area contributed by atoms with Crippen LogP contribution in [0.5, 0.6) is 0 Å². The fraction of sp³-hybridized carbons (Fsp3) is 0.125. The molecule has 0 aromatic heterocycles. The molecule has 0 aliphatic rings. The van der Waals surface area contributed by atoms with E-state index >= 15 is 0 Å². The highest BCUT2D eigenvalue weighted by Crippen LogP contribution is 2.16. The summed E-state index contributed by atoms with van der Waals surface area (Å²) in [5.41, 5.74) is 3.13. The van der Waals surface area contributed by atoms with Gasteiger partial charge >= 0.3 is 0 Å². The molecule has 0 spiro atoms. The molecule has 2 N–H and O–H groups in total. The minimum Gasteiger partial charge on any atom is -0.376 e. The van der Waals surface area contributed by atoms with Gasteiger partial charge in [-0.2, -0.15) is 5.26 Å². The van der Waals surface area contributed by atoms with Gasteiger partial charge < -0.3 is 10.6 Å². The maximum atomic E-state index is 11.8. The van der Waals surface area contributed by atoms with Gasteiger partial charge in [0.25, 0.3) is 0 Å². The first-order valence-electron chi connectivity index (χ1n) is 6.28. The molecule has 0 heterocycles. The van der Waals surface area contributed by atoms with Gasteiger partial charge in [0, 0.05) is 11.4 Å². The second-order valence-electron chi connectivity index (χ2n) is 4.41. The van der Waals surface area contributed by atoms with Crippen molar-refractivity contribution in [2.45, 2.75) is 6.92 Å². The van der Waals surface area contributed by atoms with Crippen LogP contribution in [-0.2, 0) is 4.79 Å². The summed E-state index contributed by atoms with van der Waals surface area (Å²) in [6.07, 6.45) is 0. The van der Waals surface area contributed by atoms with Crippen LogP contribution in [0.4, 0.5) is 11.4 Å². The van der Waals surface area contributed by atoms with Gasteiger partial charge in [-0.1, -0.05) is 24.3 Å². The highest BCUT2D eigenvalue weighted by atomic mass is 16.1. The topological polar surface area (TPSA) is 64.9 Å². The number of carbonyl (C=O) groups is 1. The average molecular weight is 265 g/mol. The van der Waals surface area contributed by atoms with Crippen LogP contribution < -0.4 is 10.6 Å². The molecule has 0 fully saturated rings. The lowest BCUT2D eigenvalue weighted by molar-refractivity contribution is -0.114. The van der Waals surface area contributed by atoms with E-state index in [0.717, 1.165) is 16.9 Å². The molecule has 100 valence electrons. The molecule has 2 aromatic carbocycles. The van der Waals surface area contributed by atoms with Gasteiger partial charge in [0.2, 0.25) is 5.91 Å². The molecule has 0 aliphatic carbocycles. The zero-order valence-electron chi connectivity index (χ0n) is 11.2.